The van der Waals surface area contributed by atoms with Crippen LogP contribution in [-0.2, 0) is 11.4 Å². The normalized spacial score (nSPS) is 15.9. The van der Waals surface area contributed by atoms with Gasteiger partial charge >= 0.3 is 0 Å². The molecule has 0 aliphatic carbocycles. The van der Waals surface area contributed by atoms with Crippen LogP contribution in [-0.4, -0.2) is 18.2 Å². The molecule has 1 aliphatic heterocycles. The molecule has 5 nitrogen and oxygen atoms in total. The van der Waals surface area contributed by atoms with E-state index in [-0.39, 0.29) is 5.91 Å². The van der Waals surface area contributed by atoms with E-state index in [0.717, 1.165) is 11.1 Å². The van der Waals surface area contributed by atoms with E-state index in [1.807, 2.05) is 60.7 Å². The van der Waals surface area contributed by atoms with Crippen LogP contribution in [0.15, 0.2) is 82.7 Å². The highest BCUT2D eigenvalue weighted by molar-refractivity contribution is 8.18. The van der Waals surface area contributed by atoms with Crippen molar-refractivity contribution in [3.63, 3.8) is 0 Å². The molecule has 1 fully saturated rings. The molecule has 0 atom stereocenters. The molecule has 3 aromatic rings. The number of carbonyl (C=O) groups excluding carboxylic acids is 1. The molecule has 1 N–H and O–H groups in total. The first-order valence-corrected chi connectivity index (χ1v) is 10.7. The summed E-state index contributed by atoms with van der Waals surface area (Å²) in [7, 11) is 1.59. The van der Waals surface area contributed by atoms with Gasteiger partial charge in [0, 0.05) is 5.02 Å². The van der Waals surface area contributed by atoms with E-state index < -0.39 is 0 Å². The number of nitrogens with zero attached hydrogens (tertiary/aromatic N) is 1. The molecule has 31 heavy (non-hydrogen) atoms. The van der Waals surface area contributed by atoms with Gasteiger partial charge in [-0.1, -0.05) is 54.1 Å². The molecule has 1 aliphatic rings. The Labute approximate surface area is 189 Å². The number of methoxy groups -OCH3 is 1. The Morgan fingerprint density at radius 3 is 2.65 bits per heavy atom. The number of benzene rings is 3. The van der Waals surface area contributed by atoms with Crippen molar-refractivity contribution in [2.24, 2.45) is 4.99 Å². The van der Waals surface area contributed by atoms with Gasteiger partial charge in [0.1, 0.15) is 6.61 Å². The molecule has 3 aromatic carbocycles. The lowest BCUT2D eigenvalue weighted by Gasteiger charge is -2.11. The molecule has 0 radical (unpaired) electrons. The first kappa shape index (κ1) is 21.0. The summed E-state index contributed by atoms with van der Waals surface area (Å²) in [6.45, 7) is 0.444. The first-order valence-electron chi connectivity index (χ1n) is 9.50. The Morgan fingerprint density at radius 2 is 1.87 bits per heavy atom. The quantitative estimate of drug-likeness (QED) is 0.481. The second-order valence-corrected chi connectivity index (χ2v) is 8.11. The highest BCUT2D eigenvalue weighted by atomic mass is 35.5. The summed E-state index contributed by atoms with van der Waals surface area (Å²) in [4.78, 5) is 17.3. The van der Waals surface area contributed by atoms with Gasteiger partial charge in [0.05, 0.1) is 17.7 Å². The van der Waals surface area contributed by atoms with Gasteiger partial charge in [-0.05, 0) is 59.3 Å². The summed E-state index contributed by atoms with van der Waals surface area (Å²) >= 11 is 7.27. The van der Waals surface area contributed by atoms with Gasteiger partial charge < -0.3 is 14.8 Å². The number of hydrogen-bond acceptors (Lipinski definition) is 5. The van der Waals surface area contributed by atoms with Crippen molar-refractivity contribution in [3.8, 4) is 11.5 Å². The van der Waals surface area contributed by atoms with Gasteiger partial charge in [0.25, 0.3) is 5.91 Å². The lowest BCUT2D eigenvalue weighted by Crippen LogP contribution is -2.19. The van der Waals surface area contributed by atoms with E-state index in [4.69, 9.17) is 21.1 Å². The largest absolute Gasteiger partial charge is 0.493 e. The molecule has 0 aromatic heterocycles. The van der Waals surface area contributed by atoms with Crippen molar-refractivity contribution in [1.82, 2.24) is 5.32 Å². The number of rotatable bonds is 6. The van der Waals surface area contributed by atoms with E-state index in [0.29, 0.717) is 38.9 Å². The minimum Gasteiger partial charge on any atom is -0.493 e. The molecular formula is C24H19ClN2O3S. The van der Waals surface area contributed by atoms with Gasteiger partial charge in [0.15, 0.2) is 16.7 Å². The highest BCUT2D eigenvalue weighted by Gasteiger charge is 2.24. The Morgan fingerprint density at radius 1 is 1.03 bits per heavy atom. The van der Waals surface area contributed by atoms with Crippen molar-refractivity contribution in [1.29, 1.82) is 0 Å². The maximum Gasteiger partial charge on any atom is 0.264 e. The maximum absolute atomic E-state index is 12.4. The van der Waals surface area contributed by atoms with Gasteiger partial charge in [-0.2, -0.15) is 0 Å². The predicted molar refractivity (Wildman–Crippen MR) is 126 cm³/mol. The number of aliphatic imine (C=N–C) groups is 1. The highest BCUT2D eigenvalue weighted by Crippen LogP contribution is 2.33. The Balaban J connectivity index is 1.49. The number of nitrogens with one attached hydrogen (secondary N) is 1. The maximum atomic E-state index is 12.4. The zero-order valence-corrected chi connectivity index (χ0v) is 18.2. The van der Waals surface area contributed by atoms with Crippen LogP contribution in [0.1, 0.15) is 11.1 Å². The number of amides is 1. The molecule has 156 valence electrons. The lowest BCUT2D eigenvalue weighted by atomic mass is 10.2. The van der Waals surface area contributed by atoms with E-state index in [9.17, 15) is 4.79 Å². The number of amidine groups is 1. The van der Waals surface area contributed by atoms with Gasteiger partial charge in [0.2, 0.25) is 0 Å². The topological polar surface area (TPSA) is 59.9 Å². The van der Waals surface area contributed by atoms with E-state index >= 15 is 0 Å². The van der Waals surface area contributed by atoms with Crippen LogP contribution >= 0.6 is 23.4 Å². The third-order valence-corrected chi connectivity index (χ3v) is 5.56. The van der Waals surface area contributed by atoms with Crippen molar-refractivity contribution < 1.29 is 14.3 Å². The van der Waals surface area contributed by atoms with Gasteiger partial charge in [-0.3, -0.25) is 4.79 Å². The van der Waals surface area contributed by atoms with Crippen LogP contribution in [0.3, 0.4) is 0 Å². The zero-order valence-electron chi connectivity index (χ0n) is 16.7. The fraction of sp³-hybridized carbons (Fsp3) is 0.0833. The standard InChI is InChI=1S/C24H19ClN2O3S/c1-29-21-12-17(10-11-20(21)30-15-16-6-3-2-4-7-16)13-22-23(28)27-24(31-22)26-19-9-5-8-18(25)14-19/h2-14H,15H2,1H3,(H,26,27,28)/b22-13+. The van der Waals surface area contributed by atoms with Crippen LogP contribution in [0.4, 0.5) is 5.69 Å². The Kier molecular flexibility index (Phi) is 6.60. The zero-order chi connectivity index (χ0) is 21.6. The van der Waals surface area contributed by atoms with Crippen molar-refractivity contribution in [2.75, 3.05) is 7.11 Å². The first-order chi connectivity index (χ1) is 15.1. The van der Waals surface area contributed by atoms with Crippen LogP contribution in [0.5, 0.6) is 11.5 Å². The SMILES string of the molecule is COc1cc(/C=C2/SC(=Nc3cccc(Cl)c3)NC2=O)ccc1OCc1ccccc1. The van der Waals surface area contributed by atoms with E-state index in [2.05, 4.69) is 10.3 Å². The summed E-state index contributed by atoms with van der Waals surface area (Å²) in [5.41, 5.74) is 2.57. The summed E-state index contributed by atoms with van der Waals surface area (Å²) in [6, 6.07) is 22.6. The fourth-order valence-electron chi connectivity index (χ4n) is 2.92. The van der Waals surface area contributed by atoms with Crippen molar-refractivity contribution in [3.05, 3.63) is 93.9 Å². The smallest absolute Gasteiger partial charge is 0.264 e. The summed E-state index contributed by atoms with van der Waals surface area (Å²) in [6.07, 6.45) is 1.80. The fourth-order valence-corrected chi connectivity index (χ4v) is 3.95. The third kappa shape index (κ3) is 5.48. The monoisotopic (exact) mass is 450 g/mol. The number of thioether (sulfide) groups is 1. The van der Waals surface area contributed by atoms with Crippen molar-refractivity contribution in [2.45, 2.75) is 6.61 Å². The average Bonchev–Trinajstić information content (AvgIpc) is 3.11. The molecule has 1 amide bonds. The van der Waals surface area contributed by atoms with Crippen LogP contribution in [0.25, 0.3) is 6.08 Å². The van der Waals surface area contributed by atoms with Crippen LogP contribution in [0, 0.1) is 0 Å². The molecule has 0 spiro atoms. The molecule has 7 heteroatoms. The second-order valence-electron chi connectivity index (χ2n) is 6.65. The summed E-state index contributed by atoms with van der Waals surface area (Å²) in [5.74, 6) is 1.04. The molecule has 1 heterocycles. The molecule has 0 saturated carbocycles. The Hall–Kier alpha value is -3.22. The lowest BCUT2D eigenvalue weighted by molar-refractivity contribution is -0.115. The number of halogens is 1. The molecule has 4 rings (SSSR count). The summed E-state index contributed by atoms with van der Waals surface area (Å²) in [5, 5.41) is 3.88. The molecule has 0 bridgehead atoms. The number of hydrogen-bond donors (Lipinski definition) is 1. The second kappa shape index (κ2) is 9.73. The molecular weight excluding hydrogens is 432 g/mol. The minimum absolute atomic E-state index is 0.200. The van der Waals surface area contributed by atoms with E-state index in [1.54, 1.807) is 25.3 Å². The van der Waals surface area contributed by atoms with Crippen molar-refractivity contribution >= 4 is 46.2 Å². The number of ether oxygens (including phenoxy) is 2. The van der Waals surface area contributed by atoms with Crippen LogP contribution in [0.2, 0.25) is 5.02 Å². The number of carbonyl (C=O) groups is 1. The minimum atomic E-state index is -0.200. The van der Waals surface area contributed by atoms with Crippen LogP contribution < -0.4 is 14.8 Å². The third-order valence-electron chi connectivity index (χ3n) is 4.41. The van der Waals surface area contributed by atoms with E-state index in [1.165, 1.54) is 11.8 Å². The average molecular weight is 451 g/mol. The molecule has 1 saturated heterocycles. The molecule has 0 unspecified atom stereocenters. The predicted octanol–water partition coefficient (Wildman–Crippen LogP) is 5.82. The van der Waals surface area contributed by atoms with Gasteiger partial charge in [-0.25, -0.2) is 4.99 Å². The van der Waals surface area contributed by atoms with Gasteiger partial charge in [-0.15, -0.1) is 0 Å². The summed E-state index contributed by atoms with van der Waals surface area (Å²) < 4.78 is 11.4. The Bertz CT molecular complexity index is 1160.